The van der Waals surface area contributed by atoms with Crippen molar-refractivity contribution >= 4 is 27.7 Å². The van der Waals surface area contributed by atoms with Crippen molar-refractivity contribution in [2.75, 3.05) is 27.2 Å². The Morgan fingerprint density at radius 3 is 2.10 bits per heavy atom. The minimum absolute atomic E-state index is 0.174. The van der Waals surface area contributed by atoms with Crippen LogP contribution in [0.15, 0.2) is 16.6 Å². The lowest BCUT2D eigenvalue weighted by molar-refractivity contribution is -0.129. The zero-order valence-corrected chi connectivity index (χ0v) is 13.0. The fourth-order valence-corrected chi connectivity index (χ4v) is 1.94. The van der Waals surface area contributed by atoms with Crippen LogP contribution < -0.4 is 0 Å². The molecule has 0 N–H and O–H groups in total. The molecule has 0 fully saturated rings. The predicted octanol–water partition coefficient (Wildman–Crippen LogP) is 2.28. The molecule has 4 nitrogen and oxygen atoms in total. The van der Waals surface area contributed by atoms with Crippen LogP contribution in [0.2, 0.25) is 0 Å². The summed E-state index contributed by atoms with van der Waals surface area (Å²) < 4.78 is 27.7. The number of likely N-dealkylation sites (N-methyl/N-ethyl adjacent to an activating group) is 2. The van der Waals surface area contributed by atoms with E-state index in [2.05, 4.69) is 15.9 Å². The number of rotatable bonds is 4. The van der Waals surface area contributed by atoms with Gasteiger partial charge in [-0.05, 0) is 19.1 Å². The topological polar surface area (TPSA) is 40.6 Å². The van der Waals surface area contributed by atoms with Crippen LogP contribution in [0.25, 0.3) is 0 Å². The first-order valence-corrected chi connectivity index (χ1v) is 6.71. The molecular weight excluding hydrogens is 334 g/mol. The molecule has 1 aromatic rings. The van der Waals surface area contributed by atoms with Gasteiger partial charge in [0, 0.05) is 25.1 Å². The molecule has 0 aliphatic rings. The van der Waals surface area contributed by atoms with Gasteiger partial charge in [-0.25, -0.2) is 8.78 Å². The first-order chi connectivity index (χ1) is 9.27. The summed E-state index contributed by atoms with van der Waals surface area (Å²) in [6.45, 7) is 1.58. The maximum atomic E-state index is 13.7. The van der Waals surface area contributed by atoms with Crippen molar-refractivity contribution in [1.29, 1.82) is 0 Å². The molecule has 2 amide bonds. The van der Waals surface area contributed by atoms with E-state index >= 15 is 0 Å². The molecule has 0 spiro atoms. The van der Waals surface area contributed by atoms with E-state index < -0.39 is 23.1 Å². The molecular formula is C13H15BrF2N2O2. The van der Waals surface area contributed by atoms with Gasteiger partial charge in [-0.2, -0.15) is 0 Å². The van der Waals surface area contributed by atoms with Gasteiger partial charge in [0.25, 0.3) is 5.91 Å². The number of amides is 2. The minimum Gasteiger partial charge on any atom is -0.347 e. The predicted molar refractivity (Wildman–Crippen MR) is 74.3 cm³/mol. The normalized spacial score (nSPS) is 10.3. The molecule has 110 valence electrons. The third kappa shape index (κ3) is 3.75. The summed E-state index contributed by atoms with van der Waals surface area (Å²) in [4.78, 5) is 26.2. The Labute approximate surface area is 124 Å². The summed E-state index contributed by atoms with van der Waals surface area (Å²) in [5.41, 5.74) is -0.651. The molecule has 0 atom stereocenters. The van der Waals surface area contributed by atoms with E-state index in [1.807, 2.05) is 0 Å². The van der Waals surface area contributed by atoms with Gasteiger partial charge in [-0.1, -0.05) is 15.9 Å². The van der Waals surface area contributed by atoms with Crippen LogP contribution >= 0.6 is 15.9 Å². The number of nitrogens with zero attached hydrogens (tertiary/aromatic N) is 2. The number of hydrogen-bond donors (Lipinski definition) is 0. The van der Waals surface area contributed by atoms with Gasteiger partial charge in [0.2, 0.25) is 5.91 Å². The maximum absolute atomic E-state index is 13.7. The van der Waals surface area contributed by atoms with Crippen LogP contribution in [0.3, 0.4) is 0 Å². The van der Waals surface area contributed by atoms with Gasteiger partial charge in [0.15, 0.2) is 0 Å². The van der Waals surface area contributed by atoms with Crippen LogP contribution in [-0.2, 0) is 4.79 Å². The van der Waals surface area contributed by atoms with E-state index in [9.17, 15) is 18.4 Å². The highest BCUT2D eigenvalue weighted by Gasteiger charge is 2.24. The Bertz CT molecular complexity index is 512. The van der Waals surface area contributed by atoms with E-state index in [0.29, 0.717) is 0 Å². The molecule has 1 aromatic carbocycles. The van der Waals surface area contributed by atoms with Gasteiger partial charge < -0.3 is 9.80 Å². The molecule has 20 heavy (non-hydrogen) atoms. The Morgan fingerprint density at radius 2 is 1.70 bits per heavy atom. The number of carbonyl (C=O) groups excluding carboxylic acids is 2. The first-order valence-electron chi connectivity index (χ1n) is 5.91. The summed E-state index contributed by atoms with van der Waals surface area (Å²) in [6, 6.07) is 2.02. The summed E-state index contributed by atoms with van der Waals surface area (Å²) in [5.74, 6) is -3.08. The number of hydrogen-bond acceptors (Lipinski definition) is 2. The molecule has 0 aliphatic heterocycles. The average Bonchev–Trinajstić information content (AvgIpc) is 2.33. The zero-order valence-electron chi connectivity index (χ0n) is 11.4. The Balaban J connectivity index is 3.06. The standard InChI is InChI=1S/C13H15BrF2N2O2/c1-4-18(7-11(19)17(2)3)13(20)12-9(15)5-8(14)6-10(12)16/h5-6H,4,7H2,1-3H3. The number of halogens is 3. The van der Waals surface area contributed by atoms with Crippen molar-refractivity contribution in [1.82, 2.24) is 9.80 Å². The zero-order chi connectivity index (χ0) is 15.4. The second kappa shape index (κ2) is 6.78. The highest BCUT2D eigenvalue weighted by Crippen LogP contribution is 2.20. The Kier molecular flexibility index (Phi) is 5.62. The van der Waals surface area contributed by atoms with E-state index in [1.165, 1.54) is 4.90 Å². The van der Waals surface area contributed by atoms with E-state index in [0.717, 1.165) is 17.0 Å². The number of carbonyl (C=O) groups is 2. The van der Waals surface area contributed by atoms with E-state index in [1.54, 1.807) is 21.0 Å². The fraction of sp³-hybridized carbons (Fsp3) is 0.385. The molecule has 0 heterocycles. The van der Waals surface area contributed by atoms with Crippen LogP contribution in [-0.4, -0.2) is 48.8 Å². The fourth-order valence-electron chi connectivity index (χ4n) is 1.54. The van der Waals surface area contributed by atoms with Crippen LogP contribution in [0.4, 0.5) is 8.78 Å². The largest absolute Gasteiger partial charge is 0.347 e. The lowest BCUT2D eigenvalue weighted by atomic mass is 10.1. The quantitative estimate of drug-likeness (QED) is 0.837. The highest BCUT2D eigenvalue weighted by atomic mass is 79.9. The van der Waals surface area contributed by atoms with Crippen molar-refractivity contribution in [3.63, 3.8) is 0 Å². The summed E-state index contributed by atoms with van der Waals surface area (Å²) >= 11 is 2.94. The minimum atomic E-state index is -0.961. The monoisotopic (exact) mass is 348 g/mol. The van der Waals surface area contributed by atoms with Crippen LogP contribution in [0.1, 0.15) is 17.3 Å². The molecule has 0 radical (unpaired) electrons. The summed E-state index contributed by atoms with van der Waals surface area (Å²) in [7, 11) is 3.09. The smallest absolute Gasteiger partial charge is 0.260 e. The van der Waals surface area contributed by atoms with Crippen molar-refractivity contribution < 1.29 is 18.4 Å². The molecule has 1 rings (SSSR count). The number of benzene rings is 1. The van der Waals surface area contributed by atoms with Crippen molar-refractivity contribution in [2.24, 2.45) is 0 Å². The first kappa shape index (κ1) is 16.6. The SMILES string of the molecule is CCN(CC(=O)N(C)C)C(=O)c1c(F)cc(Br)cc1F. The molecule has 7 heteroatoms. The Morgan fingerprint density at radius 1 is 1.20 bits per heavy atom. The Hall–Kier alpha value is -1.50. The summed E-state index contributed by atoms with van der Waals surface area (Å²) in [6.07, 6.45) is 0. The highest BCUT2D eigenvalue weighted by molar-refractivity contribution is 9.10. The molecule has 0 aliphatic carbocycles. The average molecular weight is 349 g/mol. The lowest BCUT2D eigenvalue weighted by Gasteiger charge is -2.22. The van der Waals surface area contributed by atoms with E-state index in [-0.39, 0.29) is 23.5 Å². The van der Waals surface area contributed by atoms with Gasteiger partial charge in [0.1, 0.15) is 17.2 Å². The maximum Gasteiger partial charge on any atom is 0.260 e. The lowest BCUT2D eigenvalue weighted by Crippen LogP contribution is -2.40. The van der Waals surface area contributed by atoms with Gasteiger partial charge >= 0.3 is 0 Å². The molecule has 0 saturated heterocycles. The molecule has 0 bridgehead atoms. The molecule has 0 aromatic heterocycles. The van der Waals surface area contributed by atoms with Crippen molar-refractivity contribution in [3.8, 4) is 0 Å². The van der Waals surface area contributed by atoms with Gasteiger partial charge in [-0.15, -0.1) is 0 Å². The van der Waals surface area contributed by atoms with Crippen LogP contribution in [0.5, 0.6) is 0 Å². The third-order valence-electron chi connectivity index (χ3n) is 2.71. The van der Waals surface area contributed by atoms with Crippen LogP contribution in [0, 0.1) is 11.6 Å². The van der Waals surface area contributed by atoms with Crippen molar-refractivity contribution in [2.45, 2.75) is 6.92 Å². The second-order valence-electron chi connectivity index (χ2n) is 4.35. The summed E-state index contributed by atoms with van der Waals surface area (Å²) in [5, 5.41) is 0. The van der Waals surface area contributed by atoms with E-state index in [4.69, 9.17) is 0 Å². The second-order valence-corrected chi connectivity index (χ2v) is 5.27. The van der Waals surface area contributed by atoms with Crippen molar-refractivity contribution in [3.05, 3.63) is 33.8 Å². The molecule has 0 saturated carbocycles. The molecule has 0 unspecified atom stereocenters. The third-order valence-corrected chi connectivity index (χ3v) is 3.17. The van der Waals surface area contributed by atoms with Gasteiger partial charge in [0.05, 0.1) is 6.54 Å². The van der Waals surface area contributed by atoms with Gasteiger partial charge in [-0.3, -0.25) is 9.59 Å².